The summed E-state index contributed by atoms with van der Waals surface area (Å²) >= 11 is 0. The molecule has 0 aromatic heterocycles. The van der Waals surface area contributed by atoms with Gasteiger partial charge in [0.2, 0.25) is 0 Å². The largest absolute Gasteiger partial charge is 0.370 e. The first-order chi connectivity index (χ1) is 4.21. The normalized spacial score (nSPS) is 24.0. The molecule has 1 fully saturated rings. The van der Waals surface area contributed by atoms with Crippen LogP contribution in [-0.4, -0.2) is 32.2 Å². The molecule has 0 aliphatic carbocycles. The van der Waals surface area contributed by atoms with Gasteiger partial charge in [-0.05, 0) is 0 Å². The molecule has 1 aliphatic rings. The van der Waals surface area contributed by atoms with Crippen LogP contribution in [0.4, 0.5) is 8.78 Å². The molecule has 0 atom stereocenters. The van der Waals surface area contributed by atoms with E-state index in [1.807, 2.05) is 0 Å². The van der Waals surface area contributed by atoms with Crippen molar-refractivity contribution in [2.75, 3.05) is 20.2 Å². The summed E-state index contributed by atoms with van der Waals surface area (Å²) in [5.41, 5.74) is -1.18. The minimum absolute atomic E-state index is 0.265. The van der Waals surface area contributed by atoms with Crippen molar-refractivity contribution in [2.45, 2.75) is 12.0 Å². The maximum Gasteiger partial charge on any atom is 0.269 e. The van der Waals surface area contributed by atoms with E-state index in [4.69, 9.17) is 0 Å². The zero-order chi connectivity index (χ0) is 6.91. The van der Waals surface area contributed by atoms with E-state index in [0.717, 1.165) is 0 Å². The van der Waals surface area contributed by atoms with E-state index < -0.39 is 12.0 Å². The number of hydrogen-bond donors (Lipinski definition) is 1. The SMILES string of the molecule is COC1(C(F)F)CNC1. The summed E-state index contributed by atoms with van der Waals surface area (Å²) in [5, 5.41) is 2.73. The Labute approximate surface area is 52.2 Å². The summed E-state index contributed by atoms with van der Waals surface area (Å²) in [6.07, 6.45) is -2.37. The second-order valence-electron chi connectivity index (χ2n) is 2.17. The van der Waals surface area contributed by atoms with Crippen molar-refractivity contribution < 1.29 is 13.5 Å². The molecule has 0 aromatic rings. The fraction of sp³-hybridized carbons (Fsp3) is 1.00. The molecule has 2 nitrogen and oxygen atoms in total. The minimum atomic E-state index is -2.37. The van der Waals surface area contributed by atoms with Crippen molar-refractivity contribution in [1.29, 1.82) is 0 Å². The van der Waals surface area contributed by atoms with Crippen LogP contribution in [0.2, 0.25) is 0 Å². The van der Waals surface area contributed by atoms with Crippen LogP contribution in [0.25, 0.3) is 0 Å². The molecule has 9 heavy (non-hydrogen) atoms. The number of alkyl halides is 2. The predicted molar refractivity (Wildman–Crippen MR) is 28.6 cm³/mol. The molecule has 0 saturated carbocycles. The Morgan fingerprint density at radius 3 is 2.11 bits per heavy atom. The molecule has 0 radical (unpaired) electrons. The molecule has 54 valence electrons. The van der Waals surface area contributed by atoms with E-state index in [0.29, 0.717) is 0 Å². The first-order valence-electron chi connectivity index (χ1n) is 2.75. The molecule has 0 amide bonds. The van der Waals surface area contributed by atoms with Gasteiger partial charge in [0.05, 0.1) is 0 Å². The van der Waals surface area contributed by atoms with Gasteiger partial charge in [-0.15, -0.1) is 0 Å². The molecule has 1 saturated heterocycles. The lowest BCUT2D eigenvalue weighted by Crippen LogP contribution is -2.64. The Bertz CT molecular complexity index is 97.6. The van der Waals surface area contributed by atoms with Crippen LogP contribution in [0.3, 0.4) is 0 Å². The average molecular weight is 137 g/mol. The van der Waals surface area contributed by atoms with Gasteiger partial charge in [-0.2, -0.15) is 0 Å². The summed E-state index contributed by atoms with van der Waals surface area (Å²) < 4.78 is 28.6. The highest BCUT2D eigenvalue weighted by Gasteiger charge is 2.45. The number of rotatable bonds is 2. The fourth-order valence-corrected chi connectivity index (χ4v) is 0.759. The second kappa shape index (κ2) is 2.19. The Morgan fingerprint density at radius 1 is 1.56 bits per heavy atom. The standard InChI is InChI=1S/C5H9F2NO/c1-9-5(4(6)7)2-8-3-5/h4,8H,2-3H2,1H3. The summed E-state index contributed by atoms with van der Waals surface area (Å²) in [6.45, 7) is 0.530. The molecule has 1 rings (SSSR count). The molecule has 1 N–H and O–H groups in total. The highest BCUT2D eigenvalue weighted by molar-refractivity contribution is 4.96. The van der Waals surface area contributed by atoms with Crippen LogP contribution in [0.5, 0.6) is 0 Å². The predicted octanol–water partition coefficient (Wildman–Crippen LogP) is 0.240. The van der Waals surface area contributed by atoms with Crippen molar-refractivity contribution in [3.05, 3.63) is 0 Å². The highest BCUT2D eigenvalue weighted by Crippen LogP contribution is 2.23. The molecule has 0 aromatic carbocycles. The van der Waals surface area contributed by atoms with Gasteiger partial charge in [0.25, 0.3) is 6.43 Å². The molecule has 0 bridgehead atoms. The lowest BCUT2D eigenvalue weighted by atomic mass is 9.98. The lowest BCUT2D eigenvalue weighted by molar-refractivity contribution is -0.148. The summed E-state index contributed by atoms with van der Waals surface area (Å²) in [6, 6.07) is 0. The molecular formula is C5H9F2NO. The van der Waals surface area contributed by atoms with Gasteiger partial charge < -0.3 is 10.1 Å². The van der Waals surface area contributed by atoms with Crippen LogP contribution in [0.1, 0.15) is 0 Å². The zero-order valence-electron chi connectivity index (χ0n) is 5.16. The number of halogens is 2. The summed E-state index contributed by atoms with van der Waals surface area (Å²) in [5.74, 6) is 0. The fourth-order valence-electron chi connectivity index (χ4n) is 0.759. The maximum atomic E-state index is 12.0. The van der Waals surface area contributed by atoms with E-state index in [-0.39, 0.29) is 13.1 Å². The Kier molecular flexibility index (Phi) is 1.68. The first kappa shape index (κ1) is 6.89. The van der Waals surface area contributed by atoms with Crippen molar-refractivity contribution >= 4 is 0 Å². The molecule has 1 aliphatic heterocycles. The smallest absolute Gasteiger partial charge is 0.269 e. The van der Waals surface area contributed by atoms with E-state index >= 15 is 0 Å². The Hall–Kier alpha value is -0.220. The zero-order valence-corrected chi connectivity index (χ0v) is 5.16. The van der Waals surface area contributed by atoms with Gasteiger partial charge in [0.1, 0.15) is 0 Å². The van der Waals surface area contributed by atoms with Crippen molar-refractivity contribution in [1.82, 2.24) is 5.32 Å². The van der Waals surface area contributed by atoms with Gasteiger partial charge in [-0.25, -0.2) is 8.78 Å². The molecule has 0 spiro atoms. The first-order valence-corrected chi connectivity index (χ1v) is 2.75. The van der Waals surface area contributed by atoms with E-state index in [1.165, 1.54) is 7.11 Å². The van der Waals surface area contributed by atoms with Crippen molar-refractivity contribution in [3.63, 3.8) is 0 Å². The van der Waals surface area contributed by atoms with Crippen LogP contribution in [-0.2, 0) is 4.74 Å². The number of nitrogens with one attached hydrogen (secondary N) is 1. The second-order valence-corrected chi connectivity index (χ2v) is 2.17. The summed E-state index contributed by atoms with van der Waals surface area (Å²) in [4.78, 5) is 0. The average Bonchev–Trinajstić information content (AvgIpc) is 1.62. The topological polar surface area (TPSA) is 21.3 Å². The van der Waals surface area contributed by atoms with Gasteiger partial charge in [-0.1, -0.05) is 0 Å². The van der Waals surface area contributed by atoms with Gasteiger partial charge in [0, 0.05) is 20.2 Å². The number of ether oxygens (including phenoxy) is 1. The number of methoxy groups -OCH3 is 1. The van der Waals surface area contributed by atoms with Gasteiger partial charge in [-0.3, -0.25) is 0 Å². The molecule has 4 heteroatoms. The molecular weight excluding hydrogens is 128 g/mol. The third-order valence-electron chi connectivity index (χ3n) is 1.65. The molecule has 1 heterocycles. The third kappa shape index (κ3) is 0.923. The van der Waals surface area contributed by atoms with Gasteiger partial charge in [0.15, 0.2) is 5.60 Å². The third-order valence-corrected chi connectivity index (χ3v) is 1.65. The Balaban J connectivity index is 2.46. The van der Waals surface area contributed by atoms with Crippen molar-refractivity contribution in [2.24, 2.45) is 0 Å². The summed E-state index contributed by atoms with van der Waals surface area (Å²) in [7, 11) is 1.31. The van der Waals surface area contributed by atoms with Crippen LogP contribution in [0, 0.1) is 0 Å². The van der Waals surface area contributed by atoms with E-state index in [1.54, 1.807) is 0 Å². The van der Waals surface area contributed by atoms with E-state index in [2.05, 4.69) is 10.1 Å². The number of hydrogen-bond acceptors (Lipinski definition) is 2. The Morgan fingerprint density at radius 2 is 2.11 bits per heavy atom. The lowest BCUT2D eigenvalue weighted by Gasteiger charge is -2.40. The highest BCUT2D eigenvalue weighted by atomic mass is 19.3. The maximum absolute atomic E-state index is 12.0. The van der Waals surface area contributed by atoms with Crippen LogP contribution < -0.4 is 5.32 Å². The minimum Gasteiger partial charge on any atom is -0.370 e. The monoisotopic (exact) mass is 137 g/mol. The van der Waals surface area contributed by atoms with E-state index in [9.17, 15) is 8.78 Å². The van der Waals surface area contributed by atoms with Crippen molar-refractivity contribution in [3.8, 4) is 0 Å². The van der Waals surface area contributed by atoms with Crippen LogP contribution in [0.15, 0.2) is 0 Å². The quantitative estimate of drug-likeness (QED) is 0.588. The molecule has 0 unspecified atom stereocenters. The van der Waals surface area contributed by atoms with Crippen LogP contribution >= 0.6 is 0 Å². The van der Waals surface area contributed by atoms with Gasteiger partial charge >= 0.3 is 0 Å².